The summed E-state index contributed by atoms with van der Waals surface area (Å²) in [6.07, 6.45) is 3.00. The Labute approximate surface area is 161 Å². The molecule has 1 aromatic heterocycles. The molecule has 1 N–H and O–H groups in total. The van der Waals surface area contributed by atoms with Gasteiger partial charge in [0.2, 0.25) is 11.8 Å². The van der Waals surface area contributed by atoms with E-state index in [9.17, 15) is 9.59 Å². The molecular weight excluding hydrogens is 366 g/mol. The number of fused-ring (bicyclic) bond motifs is 1. The molecule has 4 rings (SSSR count). The normalized spacial score (nSPS) is 23.0. The maximum Gasteiger partial charge on any atom is 0.246 e. The number of rotatable bonds is 4. The van der Waals surface area contributed by atoms with Crippen molar-refractivity contribution in [3.8, 4) is 0 Å². The van der Waals surface area contributed by atoms with Gasteiger partial charge < -0.3 is 19.4 Å². The molecule has 2 aromatic rings. The molecule has 2 amide bonds. The molecule has 2 atom stereocenters. The predicted octanol–water partition coefficient (Wildman–Crippen LogP) is 2.33. The lowest BCUT2D eigenvalue weighted by Gasteiger charge is -2.29. The molecule has 142 valence electrons. The number of hydrogen-bond acceptors (Lipinski definition) is 6. The standard InChI is InChI=1S/C19H21N3O4S/c23-18(9-15-8-13-4-1-2-6-17(13)26-15)21-7-3-5-16(21)19(24)22-12-27-11-14(22)10-20-25/h1-2,4,6,8,10,14,16,25H,3,5,7,9,11-12H2/t14-,16+/m1/s1. The Morgan fingerprint density at radius 3 is 3.00 bits per heavy atom. The Morgan fingerprint density at radius 1 is 1.33 bits per heavy atom. The van der Waals surface area contributed by atoms with E-state index in [1.807, 2.05) is 30.3 Å². The van der Waals surface area contributed by atoms with Crippen LogP contribution in [0.2, 0.25) is 0 Å². The number of carbonyl (C=O) groups excluding carboxylic acids is 2. The van der Waals surface area contributed by atoms with Crippen LogP contribution in [0.1, 0.15) is 18.6 Å². The lowest BCUT2D eigenvalue weighted by Crippen LogP contribution is -2.50. The van der Waals surface area contributed by atoms with Gasteiger partial charge in [-0.25, -0.2) is 0 Å². The highest BCUT2D eigenvalue weighted by Crippen LogP contribution is 2.27. The zero-order valence-electron chi connectivity index (χ0n) is 14.8. The van der Waals surface area contributed by atoms with E-state index in [-0.39, 0.29) is 24.3 Å². The van der Waals surface area contributed by atoms with Gasteiger partial charge in [-0.05, 0) is 25.0 Å². The van der Waals surface area contributed by atoms with Gasteiger partial charge in [-0.1, -0.05) is 23.4 Å². The van der Waals surface area contributed by atoms with Crippen molar-refractivity contribution in [2.75, 3.05) is 18.2 Å². The van der Waals surface area contributed by atoms with Crippen molar-refractivity contribution in [2.45, 2.75) is 31.3 Å². The summed E-state index contributed by atoms with van der Waals surface area (Å²) in [6.45, 7) is 0.579. The second-order valence-corrected chi connectivity index (χ2v) is 7.81. The molecule has 0 unspecified atom stereocenters. The third-order valence-corrected chi connectivity index (χ3v) is 6.14. The van der Waals surface area contributed by atoms with Crippen LogP contribution in [-0.2, 0) is 16.0 Å². The first kappa shape index (κ1) is 17.9. The van der Waals surface area contributed by atoms with Crippen LogP contribution in [0.15, 0.2) is 39.9 Å². The molecule has 3 heterocycles. The van der Waals surface area contributed by atoms with Crippen LogP contribution in [0.25, 0.3) is 11.0 Å². The summed E-state index contributed by atoms with van der Waals surface area (Å²) < 4.78 is 5.75. The first-order valence-electron chi connectivity index (χ1n) is 9.00. The van der Waals surface area contributed by atoms with Gasteiger partial charge in [-0.2, -0.15) is 0 Å². The minimum Gasteiger partial charge on any atom is -0.461 e. The van der Waals surface area contributed by atoms with Gasteiger partial charge >= 0.3 is 0 Å². The number of amides is 2. The van der Waals surface area contributed by atoms with Crippen LogP contribution in [0.4, 0.5) is 0 Å². The second kappa shape index (κ2) is 7.64. The number of benzene rings is 1. The van der Waals surface area contributed by atoms with Gasteiger partial charge in [0.25, 0.3) is 0 Å². The molecule has 0 radical (unpaired) electrons. The highest BCUT2D eigenvalue weighted by atomic mass is 32.2. The van der Waals surface area contributed by atoms with Crippen molar-refractivity contribution in [3.05, 3.63) is 36.1 Å². The van der Waals surface area contributed by atoms with Gasteiger partial charge in [0.05, 0.1) is 24.6 Å². The van der Waals surface area contributed by atoms with Crippen molar-refractivity contribution >= 4 is 40.8 Å². The lowest BCUT2D eigenvalue weighted by molar-refractivity contribution is -0.143. The van der Waals surface area contributed by atoms with Gasteiger partial charge in [0.1, 0.15) is 17.4 Å². The fourth-order valence-electron chi connectivity index (χ4n) is 3.77. The number of hydrogen-bond donors (Lipinski definition) is 1. The van der Waals surface area contributed by atoms with Crippen LogP contribution in [0, 0.1) is 0 Å². The monoisotopic (exact) mass is 387 g/mol. The highest BCUT2D eigenvalue weighted by molar-refractivity contribution is 7.99. The summed E-state index contributed by atoms with van der Waals surface area (Å²) in [6, 6.07) is 8.86. The van der Waals surface area contributed by atoms with Crippen molar-refractivity contribution in [3.63, 3.8) is 0 Å². The van der Waals surface area contributed by atoms with Crippen LogP contribution in [0.5, 0.6) is 0 Å². The largest absolute Gasteiger partial charge is 0.461 e. The summed E-state index contributed by atoms with van der Waals surface area (Å²) in [5.41, 5.74) is 0.759. The fraction of sp³-hybridized carbons (Fsp3) is 0.421. The van der Waals surface area contributed by atoms with Crippen LogP contribution in [-0.4, -0.2) is 63.3 Å². The van der Waals surface area contributed by atoms with E-state index < -0.39 is 6.04 Å². The molecule has 2 fully saturated rings. The number of nitrogens with zero attached hydrogens (tertiary/aromatic N) is 3. The van der Waals surface area contributed by atoms with Gasteiger partial charge in [0, 0.05) is 17.7 Å². The van der Waals surface area contributed by atoms with Gasteiger partial charge in [0.15, 0.2) is 0 Å². The van der Waals surface area contributed by atoms with Crippen molar-refractivity contribution < 1.29 is 19.2 Å². The maximum atomic E-state index is 13.0. The molecule has 1 aromatic carbocycles. The molecule has 2 aliphatic heterocycles. The smallest absolute Gasteiger partial charge is 0.246 e. The van der Waals surface area contributed by atoms with E-state index in [2.05, 4.69) is 5.16 Å². The zero-order chi connectivity index (χ0) is 18.8. The van der Waals surface area contributed by atoms with E-state index in [1.165, 1.54) is 6.21 Å². The molecule has 0 bridgehead atoms. The first-order chi connectivity index (χ1) is 13.2. The van der Waals surface area contributed by atoms with E-state index in [1.54, 1.807) is 21.6 Å². The van der Waals surface area contributed by atoms with Crippen molar-refractivity contribution in [1.82, 2.24) is 9.80 Å². The van der Waals surface area contributed by atoms with E-state index in [0.717, 1.165) is 17.4 Å². The quantitative estimate of drug-likeness (QED) is 0.494. The second-order valence-electron chi connectivity index (χ2n) is 6.81. The number of likely N-dealkylation sites (tertiary alicyclic amines) is 1. The molecule has 2 saturated heterocycles. The Kier molecular flexibility index (Phi) is 5.07. The van der Waals surface area contributed by atoms with Crippen LogP contribution in [0.3, 0.4) is 0 Å². The average molecular weight is 387 g/mol. The topological polar surface area (TPSA) is 86.4 Å². The summed E-state index contributed by atoms with van der Waals surface area (Å²) in [4.78, 5) is 29.2. The Balaban J connectivity index is 1.47. The number of furan rings is 1. The maximum absolute atomic E-state index is 13.0. The molecule has 7 nitrogen and oxygen atoms in total. The zero-order valence-corrected chi connectivity index (χ0v) is 15.6. The molecular formula is C19H21N3O4S. The van der Waals surface area contributed by atoms with E-state index in [4.69, 9.17) is 9.62 Å². The minimum atomic E-state index is -0.449. The van der Waals surface area contributed by atoms with Crippen molar-refractivity contribution in [2.24, 2.45) is 5.16 Å². The molecule has 0 spiro atoms. The summed E-state index contributed by atoms with van der Waals surface area (Å²) >= 11 is 1.62. The highest BCUT2D eigenvalue weighted by Gasteiger charge is 2.40. The molecule has 0 saturated carbocycles. The summed E-state index contributed by atoms with van der Waals surface area (Å²) in [7, 11) is 0. The molecule has 8 heteroatoms. The molecule has 2 aliphatic rings. The number of para-hydroxylation sites is 1. The Bertz CT molecular complexity index is 848. The predicted molar refractivity (Wildman–Crippen MR) is 103 cm³/mol. The molecule has 0 aliphatic carbocycles. The van der Waals surface area contributed by atoms with Gasteiger partial charge in [-0.15, -0.1) is 11.8 Å². The summed E-state index contributed by atoms with van der Waals surface area (Å²) in [5, 5.41) is 12.9. The third-order valence-electron chi connectivity index (χ3n) is 5.10. The van der Waals surface area contributed by atoms with E-state index in [0.29, 0.717) is 30.4 Å². The lowest BCUT2D eigenvalue weighted by atomic mass is 10.1. The first-order valence-corrected chi connectivity index (χ1v) is 10.2. The van der Waals surface area contributed by atoms with Crippen LogP contribution >= 0.6 is 11.8 Å². The van der Waals surface area contributed by atoms with Crippen LogP contribution < -0.4 is 0 Å². The fourth-order valence-corrected chi connectivity index (χ4v) is 4.90. The number of carbonyl (C=O) groups is 2. The number of thioether (sulfide) groups is 1. The van der Waals surface area contributed by atoms with Gasteiger partial charge in [-0.3, -0.25) is 9.59 Å². The Morgan fingerprint density at radius 2 is 2.19 bits per heavy atom. The average Bonchev–Trinajstić information content (AvgIpc) is 3.40. The Hall–Kier alpha value is -2.48. The number of oxime groups is 1. The van der Waals surface area contributed by atoms with Crippen molar-refractivity contribution in [1.29, 1.82) is 0 Å². The SMILES string of the molecule is O=C([C@@H]1CCCN1C(=O)Cc1cc2ccccc2o1)N1CSC[C@H]1C=NO. The summed E-state index contributed by atoms with van der Waals surface area (Å²) in [5.74, 6) is 1.71. The third kappa shape index (κ3) is 3.53. The molecule has 27 heavy (non-hydrogen) atoms. The minimum absolute atomic E-state index is 0.0691. The van der Waals surface area contributed by atoms with E-state index >= 15 is 0 Å².